The third-order valence-electron chi connectivity index (χ3n) is 2.75. The predicted octanol–water partition coefficient (Wildman–Crippen LogP) is 3.47. The number of thiol groups is 1. The largest absolute Gasteiger partial charge is 0.293 e. The molecule has 0 aliphatic rings. The Labute approximate surface area is 102 Å². The van der Waals surface area contributed by atoms with Crippen molar-refractivity contribution in [1.29, 1.82) is 0 Å². The Balaban J connectivity index is 2.33. The summed E-state index contributed by atoms with van der Waals surface area (Å²) in [6.07, 6.45) is 0. The van der Waals surface area contributed by atoms with Crippen molar-refractivity contribution in [3.8, 4) is 0 Å². The Kier molecular flexibility index (Phi) is 3.52. The van der Waals surface area contributed by atoms with E-state index in [0.29, 0.717) is 0 Å². The molecule has 0 aromatic heterocycles. The smallest absolute Gasteiger partial charge is 0.0414 e. The van der Waals surface area contributed by atoms with E-state index in [2.05, 4.69) is 67.9 Å². The van der Waals surface area contributed by atoms with Crippen LogP contribution in [0.5, 0.6) is 0 Å². The summed E-state index contributed by atoms with van der Waals surface area (Å²) in [5.74, 6) is 0.784. The van der Waals surface area contributed by atoms with Crippen LogP contribution in [0.2, 0.25) is 0 Å². The second-order valence-electron chi connectivity index (χ2n) is 4.34. The fourth-order valence-electron chi connectivity index (χ4n) is 1.87. The SMILES string of the molecule is Cc1ccc2cc(CN(C)CS)ccc2c1. The van der Waals surface area contributed by atoms with Gasteiger partial charge in [-0.15, -0.1) is 0 Å². The average Bonchev–Trinajstić information content (AvgIpc) is 2.29. The lowest BCUT2D eigenvalue weighted by atomic mass is 10.0. The summed E-state index contributed by atoms with van der Waals surface area (Å²) in [5.41, 5.74) is 2.65. The number of hydrogen-bond donors (Lipinski definition) is 1. The van der Waals surface area contributed by atoms with E-state index in [-0.39, 0.29) is 0 Å². The predicted molar refractivity (Wildman–Crippen MR) is 74.0 cm³/mol. The summed E-state index contributed by atoms with van der Waals surface area (Å²) in [4.78, 5) is 2.18. The van der Waals surface area contributed by atoms with Crippen LogP contribution < -0.4 is 0 Å². The normalized spacial score (nSPS) is 11.2. The van der Waals surface area contributed by atoms with Gasteiger partial charge in [0, 0.05) is 12.4 Å². The maximum absolute atomic E-state index is 4.26. The average molecular weight is 231 g/mol. The molecule has 0 N–H and O–H groups in total. The molecule has 0 radical (unpaired) electrons. The fourth-order valence-corrected chi connectivity index (χ4v) is 1.97. The van der Waals surface area contributed by atoms with Crippen LogP contribution in [0.3, 0.4) is 0 Å². The highest BCUT2D eigenvalue weighted by molar-refractivity contribution is 7.80. The second-order valence-corrected chi connectivity index (χ2v) is 4.62. The van der Waals surface area contributed by atoms with Crippen LogP contribution in [0.4, 0.5) is 0 Å². The molecule has 0 saturated carbocycles. The van der Waals surface area contributed by atoms with Crippen LogP contribution in [0.1, 0.15) is 11.1 Å². The van der Waals surface area contributed by atoms with Crippen LogP contribution in [0.25, 0.3) is 10.8 Å². The molecule has 0 spiro atoms. The molecule has 2 aromatic carbocycles. The van der Waals surface area contributed by atoms with Gasteiger partial charge < -0.3 is 0 Å². The van der Waals surface area contributed by atoms with E-state index in [1.165, 1.54) is 21.9 Å². The molecule has 0 fully saturated rings. The van der Waals surface area contributed by atoms with Gasteiger partial charge in [0.15, 0.2) is 0 Å². The van der Waals surface area contributed by atoms with Gasteiger partial charge in [0.05, 0.1) is 0 Å². The zero-order valence-corrected chi connectivity index (χ0v) is 10.7. The lowest BCUT2D eigenvalue weighted by Crippen LogP contribution is -2.15. The molecule has 84 valence electrons. The van der Waals surface area contributed by atoms with Crippen LogP contribution >= 0.6 is 12.6 Å². The third-order valence-corrected chi connectivity index (χ3v) is 3.24. The Morgan fingerprint density at radius 2 is 1.75 bits per heavy atom. The standard InChI is InChI=1S/C14H17NS/c1-11-3-5-14-8-12(9-15(2)10-16)4-6-13(14)7-11/h3-8,16H,9-10H2,1-2H3. The third kappa shape index (κ3) is 2.57. The van der Waals surface area contributed by atoms with Gasteiger partial charge in [-0.25, -0.2) is 0 Å². The minimum absolute atomic E-state index is 0.784. The lowest BCUT2D eigenvalue weighted by Gasteiger charge is -2.13. The summed E-state index contributed by atoms with van der Waals surface area (Å²) < 4.78 is 0. The van der Waals surface area contributed by atoms with Gasteiger partial charge >= 0.3 is 0 Å². The molecule has 2 aromatic rings. The van der Waals surface area contributed by atoms with Crippen molar-refractivity contribution in [2.24, 2.45) is 0 Å². The van der Waals surface area contributed by atoms with Crippen molar-refractivity contribution in [1.82, 2.24) is 4.90 Å². The highest BCUT2D eigenvalue weighted by atomic mass is 32.1. The molecule has 1 nitrogen and oxygen atoms in total. The van der Waals surface area contributed by atoms with Crippen molar-refractivity contribution in [3.05, 3.63) is 47.5 Å². The number of fused-ring (bicyclic) bond motifs is 1. The second kappa shape index (κ2) is 4.89. The highest BCUT2D eigenvalue weighted by Gasteiger charge is 2.00. The molecule has 0 atom stereocenters. The lowest BCUT2D eigenvalue weighted by molar-refractivity contribution is 0.388. The number of aryl methyl sites for hydroxylation is 1. The van der Waals surface area contributed by atoms with E-state index in [9.17, 15) is 0 Å². The van der Waals surface area contributed by atoms with E-state index in [1.807, 2.05) is 0 Å². The summed E-state index contributed by atoms with van der Waals surface area (Å²) in [7, 11) is 2.08. The molecule has 2 rings (SSSR count). The van der Waals surface area contributed by atoms with E-state index in [1.54, 1.807) is 0 Å². The van der Waals surface area contributed by atoms with E-state index < -0.39 is 0 Å². The van der Waals surface area contributed by atoms with Crippen LogP contribution in [-0.2, 0) is 6.54 Å². The monoisotopic (exact) mass is 231 g/mol. The molecule has 0 saturated heterocycles. The van der Waals surface area contributed by atoms with Crippen LogP contribution in [0, 0.1) is 6.92 Å². The Bertz CT molecular complexity index is 493. The minimum Gasteiger partial charge on any atom is -0.293 e. The molecular weight excluding hydrogens is 214 g/mol. The fraction of sp³-hybridized carbons (Fsp3) is 0.286. The van der Waals surface area contributed by atoms with Crippen LogP contribution in [0.15, 0.2) is 36.4 Å². The first-order valence-electron chi connectivity index (χ1n) is 5.48. The molecule has 0 amide bonds. The highest BCUT2D eigenvalue weighted by Crippen LogP contribution is 2.18. The molecule has 0 bridgehead atoms. The maximum Gasteiger partial charge on any atom is 0.0414 e. The van der Waals surface area contributed by atoms with Crippen molar-refractivity contribution >= 4 is 23.4 Å². The van der Waals surface area contributed by atoms with E-state index in [0.717, 1.165) is 12.4 Å². The summed E-state index contributed by atoms with van der Waals surface area (Å²) in [6, 6.07) is 13.2. The molecular formula is C14H17NS. The summed E-state index contributed by atoms with van der Waals surface area (Å²) >= 11 is 4.26. The number of hydrogen-bond acceptors (Lipinski definition) is 2. The minimum atomic E-state index is 0.784. The van der Waals surface area contributed by atoms with Crippen molar-refractivity contribution in [2.45, 2.75) is 13.5 Å². The summed E-state index contributed by atoms with van der Waals surface area (Å²) in [5, 5.41) is 2.63. The van der Waals surface area contributed by atoms with Gasteiger partial charge in [0.2, 0.25) is 0 Å². The Morgan fingerprint density at radius 1 is 1.06 bits per heavy atom. The quantitative estimate of drug-likeness (QED) is 0.625. The van der Waals surface area contributed by atoms with Crippen molar-refractivity contribution in [3.63, 3.8) is 0 Å². The van der Waals surface area contributed by atoms with Crippen LogP contribution in [-0.4, -0.2) is 17.8 Å². The number of nitrogens with zero attached hydrogens (tertiary/aromatic N) is 1. The van der Waals surface area contributed by atoms with Crippen molar-refractivity contribution < 1.29 is 0 Å². The van der Waals surface area contributed by atoms with E-state index in [4.69, 9.17) is 0 Å². The van der Waals surface area contributed by atoms with Gasteiger partial charge in [-0.3, -0.25) is 4.90 Å². The zero-order chi connectivity index (χ0) is 11.5. The van der Waals surface area contributed by atoms with Gasteiger partial charge in [-0.05, 0) is 36.4 Å². The number of benzene rings is 2. The van der Waals surface area contributed by atoms with Gasteiger partial charge in [-0.1, -0.05) is 35.9 Å². The molecule has 0 heterocycles. The zero-order valence-electron chi connectivity index (χ0n) is 9.77. The van der Waals surface area contributed by atoms with Gasteiger partial charge in [0.1, 0.15) is 0 Å². The molecule has 0 unspecified atom stereocenters. The number of rotatable bonds is 3. The maximum atomic E-state index is 4.26. The Hall–Kier alpha value is -0.990. The van der Waals surface area contributed by atoms with Gasteiger partial charge in [-0.2, -0.15) is 12.6 Å². The molecule has 0 aliphatic carbocycles. The van der Waals surface area contributed by atoms with E-state index >= 15 is 0 Å². The molecule has 2 heteroatoms. The first-order chi connectivity index (χ1) is 7.69. The first-order valence-corrected chi connectivity index (χ1v) is 6.11. The topological polar surface area (TPSA) is 3.24 Å². The first kappa shape index (κ1) is 11.5. The molecule has 0 aliphatic heterocycles. The van der Waals surface area contributed by atoms with Gasteiger partial charge in [0.25, 0.3) is 0 Å². The summed E-state index contributed by atoms with van der Waals surface area (Å²) in [6.45, 7) is 3.08. The van der Waals surface area contributed by atoms with Crippen molar-refractivity contribution in [2.75, 3.05) is 12.9 Å². The Morgan fingerprint density at radius 3 is 2.50 bits per heavy atom. The molecule has 16 heavy (non-hydrogen) atoms.